The summed E-state index contributed by atoms with van der Waals surface area (Å²) in [5, 5.41) is 9.47. The van der Waals surface area contributed by atoms with Gasteiger partial charge in [0.25, 0.3) is 0 Å². The summed E-state index contributed by atoms with van der Waals surface area (Å²) < 4.78 is 24.3. The minimum atomic E-state index is -0.678. The SMILES string of the molecule is CC[C@@]1(CCO)O[C@@H]2OC(C)(C)O[C@H]2C1OCc1ccccc1. The Bertz CT molecular complexity index is 517. The first-order valence-corrected chi connectivity index (χ1v) is 8.29. The second kappa shape index (κ2) is 6.49. The Morgan fingerprint density at radius 1 is 1.13 bits per heavy atom. The summed E-state index contributed by atoms with van der Waals surface area (Å²) in [6, 6.07) is 10.0. The van der Waals surface area contributed by atoms with Crippen molar-refractivity contribution in [1.29, 1.82) is 0 Å². The lowest BCUT2D eigenvalue weighted by atomic mass is 9.89. The van der Waals surface area contributed by atoms with Gasteiger partial charge in [0.05, 0.1) is 6.61 Å². The van der Waals surface area contributed by atoms with E-state index in [1.54, 1.807) is 0 Å². The van der Waals surface area contributed by atoms with E-state index in [2.05, 4.69) is 0 Å². The van der Waals surface area contributed by atoms with Gasteiger partial charge in [0.2, 0.25) is 0 Å². The van der Waals surface area contributed by atoms with Gasteiger partial charge in [0.15, 0.2) is 12.1 Å². The minimum Gasteiger partial charge on any atom is -0.396 e. The third kappa shape index (κ3) is 3.30. The highest BCUT2D eigenvalue weighted by Gasteiger charge is 2.61. The molecule has 2 fully saturated rings. The van der Waals surface area contributed by atoms with Crippen molar-refractivity contribution in [3.63, 3.8) is 0 Å². The van der Waals surface area contributed by atoms with E-state index >= 15 is 0 Å². The highest BCUT2D eigenvalue weighted by Crippen LogP contribution is 2.46. The van der Waals surface area contributed by atoms with Gasteiger partial charge in [-0.2, -0.15) is 0 Å². The van der Waals surface area contributed by atoms with Crippen LogP contribution in [-0.2, 0) is 25.6 Å². The van der Waals surface area contributed by atoms with Crippen LogP contribution in [0.5, 0.6) is 0 Å². The molecule has 2 heterocycles. The first kappa shape index (κ1) is 16.9. The minimum absolute atomic E-state index is 0.0435. The number of rotatable bonds is 6. The van der Waals surface area contributed by atoms with Crippen LogP contribution in [0.15, 0.2) is 30.3 Å². The maximum Gasteiger partial charge on any atom is 0.190 e. The molecule has 5 heteroatoms. The fourth-order valence-electron chi connectivity index (χ4n) is 3.51. The van der Waals surface area contributed by atoms with Crippen molar-refractivity contribution in [3.8, 4) is 0 Å². The van der Waals surface area contributed by atoms with E-state index in [0.29, 0.717) is 13.0 Å². The van der Waals surface area contributed by atoms with Crippen LogP contribution in [0, 0.1) is 0 Å². The third-order valence-electron chi connectivity index (χ3n) is 4.66. The van der Waals surface area contributed by atoms with E-state index in [-0.39, 0.29) is 18.8 Å². The van der Waals surface area contributed by atoms with Crippen molar-refractivity contribution in [2.75, 3.05) is 6.61 Å². The molecular formula is C18H26O5. The zero-order valence-electron chi connectivity index (χ0n) is 14.0. The second-order valence-corrected chi connectivity index (χ2v) is 6.70. The topological polar surface area (TPSA) is 57.2 Å². The standard InChI is InChI=1S/C18H26O5/c1-4-18(10-11-19)15(20-12-13-8-6-5-7-9-13)14-16(23-18)22-17(2,3)21-14/h5-9,14-16,19H,4,10-12H2,1-3H3/t14-,15?,16-,18-/m0/s1. The Balaban J connectivity index is 1.78. The molecule has 0 aliphatic carbocycles. The van der Waals surface area contributed by atoms with Crippen LogP contribution in [0.25, 0.3) is 0 Å². The van der Waals surface area contributed by atoms with Crippen LogP contribution < -0.4 is 0 Å². The van der Waals surface area contributed by atoms with Crippen molar-refractivity contribution in [2.45, 2.75) is 70.1 Å². The Labute approximate surface area is 137 Å². The molecule has 0 saturated carbocycles. The number of fused-ring (bicyclic) bond motifs is 1. The summed E-state index contributed by atoms with van der Waals surface area (Å²) in [4.78, 5) is 0. The largest absolute Gasteiger partial charge is 0.396 e. The molecule has 1 aromatic rings. The van der Waals surface area contributed by atoms with Crippen LogP contribution in [0.4, 0.5) is 0 Å². The normalized spacial score (nSPS) is 35.4. The number of benzene rings is 1. The first-order chi connectivity index (χ1) is 11.0. The lowest BCUT2D eigenvalue weighted by molar-refractivity contribution is -0.248. The highest BCUT2D eigenvalue weighted by molar-refractivity contribution is 5.14. The molecular weight excluding hydrogens is 296 g/mol. The van der Waals surface area contributed by atoms with Crippen LogP contribution in [0.2, 0.25) is 0 Å². The van der Waals surface area contributed by atoms with E-state index in [0.717, 1.165) is 12.0 Å². The van der Waals surface area contributed by atoms with Gasteiger partial charge in [-0.25, -0.2) is 0 Å². The van der Waals surface area contributed by atoms with Crippen LogP contribution in [0.1, 0.15) is 39.2 Å². The van der Waals surface area contributed by atoms with Gasteiger partial charge in [0.1, 0.15) is 17.8 Å². The summed E-state index contributed by atoms with van der Waals surface area (Å²) in [6.45, 7) is 6.32. The molecule has 2 saturated heterocycles. The van der Waals surface area contributed by atoms with Crippen LogP contribution in [-0.4, -0.2) is 41.6 Å². The molecule has 4 atom stereocenters. The molecule has 23 heavy (non-hydrogen) atoms. The second-order valence-electron chi connectivity index (χ2n) is 6.70. The van der Waals surface area contributed by atoms with Gasteiger partial charge in [-0.1, -0.05) is 37.3 Å². The lowest BCUT2D eigenvalue weighted by Crippen LogP contribution is -2.47. The van der Waals surface area contributed by atoms with Crippen molar-refractivity contribution >= 4 is 0 Å². The van der Waals surface area contributed by atoms with Crippen LogP contribution in [0.3, 0.4) is 0 Å². The molecule has 1 aromatic carbocycles. The van der Waals surface area contributed by atoms with Crippen molar-refractivity contribution in [2.24, 2.45) is 0 Å². The Hall–Kier alpha value is -0.980. The lowest BCUT2D eigenvalue weighted by Gasteiger charge is -2.35. The summed E-state index contributed by atoms with van der Waals surface area (Å²) in [5.41, 5.74) is 0.526. The van der Waals surface area contributed by atoms with Crippen LogP contribution >= 0.6 is 0 Å². The predicted octanol–water partition coefficient (Wildman–Crippen LogP) is 2.61. The number of ether oxygens (including phenoxy) is 4. The van der Waals surface area contributed by atoms with Crippen molar-refractivity contribution < 1.29 is 24.1 Å². The van der Waals surface area contributed by atoms with Gasteiger partial charge >= 0.3 is 0 Å². The smallest absolute Gasteiger partial charge is 0.190 e. The summed E-state index contributed by atoms with van der Waals surface area (Å²) >= 11 is 0. The molecule has 1 unspecified atom stereocenters. The maximum atomic E-state index is 9.47. The van der Waals surface area contributed by atoms with Gasteiger partial charge < -0.3 is 24.1 Å². The summed E-state index contributed by atoms with van der Waals surface area (Å²) in [5.74, 6) is -0.678. The van der Waals surface area contributed by atoms with Crippen molar-refractivity contribution in [3.05, 3.63) is 35.9 Å². The first-order valence-electron chi connectivity index (χ1n) is 8.29. The zero-order chi connectivity index (χ0) is 16.5. The zero-order valence-corrected chi connectivity index (χ0v) is 14.0. The van der Waals surface area contributed by atoms with Gasteiger partial charge in [-0.15, -0.1) is 0 Å². The molecule has 0 radical (unpaired) electrons. The fourth-order valence-corrected chi connectivity index (χ4v) is 3.51. The molecule has 3 rings (SSSR count). The molecule has 1 N–H and O–H groups in total. The van der Waals surface area contributed by atoms with E-state index in [9.17, 15) is 5.11 Å². The van der Waals surface area contributed by atoms with Gasteiger partial charge in [0, 0.05) is 13.0 Å². The molecule has 5 nitrogen and oxygen atoms in total. The van der Waals surface area contributed by atoms with Gasteiger partial charge in [-0.3, -0.25) is 0 Å². The van der Waals surface area contributed by atoms with E-state index < -0.39 is 17.7 Å². The maximum absolute atomic E-state index is 9.47. The van der Waals surface area contributed by atoms with E-state index in [4.69, 9.17) is 18.9 Å². The number of aliphatic hydroxyl groups excluding tert-OH is 1. The van der Waals surface area contributed by atoms with E-state index in [1.165, 1.54) is 0 Å². The quantitative estimate of drug-likeness (QED) is 0.872. The molecule has 128 valence electrons. The summed E-state index contributed by atoms with van der Waals surface area (Å²) in [7, 11) is 0. The van der Waals surface area contributed by atoms with Crippen molar-refractivity contribution in [1.82, 2.24) is 0 Å². The highest BCUT2D eigenvalue weighted by atomic mass is 16.8. The average Bonchev–Trinajstić information content (AvgIpc) is 2.96. The predicted molar refractivity (Wildman–Crippen MR) is 84.7 cm³/mol. The molecule has 0 amide bonds. The molecule has 2 aliphatic heterocycles. The Morgan fingerprint density at radius 2 is 1.87 bits per heavy atom. The molecule has 0 spiro atoms. The number of hydrogen-bond acceptors (Lipinski definition) is 5. The fraction of sp³-hybridized carbons (Fsp3) is 0.667. The summed E-state index contributed by atoms with van der Waals surface area (Å²) in [6.07, 6.45) is 0.236. The number of aliphatic hydroxyl groups is 1. The van der Waals surface area contributed by atoms with Gasteiger partial charge in [-0.05, 0) is 25.8 Å². The Kier molecular flexibility index (Phi) is 4.76. The number of hydrogen-bond donors (Lipinski definition) is 1. The molecule has 0 aromatic heterocycles. The molecule has 2 aliphatic rings. The third-order valence-corrected chi connectivity index (χ3v) is 4.66. The average molecular weight is 322 g/mol. The Morgan fingerprint density at radius 3 is 2.52 bits per heavy atom. The monoisotopic (exact) mass is 322 g/mol. The molecule has 0 bridgehead atoms. The van der Waals surface area contributed by atoms with E-state index in [1.807, 2.05) is 51.1 Å².